The third kappa shape index (κ3) is 2.74. The molecular weight excluding hydrogens is 225 g/mol. The van der Waals surface area contributed by atoms with Gasteiger partial charge in [0, 0.05) is 12.1 Å². The Hall–Kier alpha value is -0.600. The van der Waals surface area contributed by atoms with Gasteiger partial charge in [-0.15, -0.1) is 0 Å². The normalized spacial score (nSPS) is 19.5. The Bertz CT molecular complexity index is 376. The quantitative estimate of drug-likeness (QED) is 0.842. The van der Waals surface area contributed by atoms with Crippen LogP contribution < -0.4 is 5.32 Å². The first-order valence-corrected chi connectivity index (χ1v) is 6.16. The molecule has 0 spiro atoms. The van der Waals surface area contributed by atoms with Crippen molar-refractivity contribution in [3.8, 4) is 0 Å². The lowest BCUT2D eigenvalue weighted by Crippen LogP contribution is -2.30. The monoisotopic (exact) mass is 241 g/mol. The van der Waals surface area contributed by atoms with E-state index in [1.807, 2.05) is 6.07 Å². The van der Waals surface area contributed by atoms with Crippen LogP contribution in [0.25, 0.3) is 0 Å². The molecule has 0 radical (unpaired) electrons. The van der Waals surface area contributed by atoms with Gasteiger partial charge in [-0.1, -0.05) is 17.7 Å². The zero-order chi connectivity index (χ0) is 11.7. The van der Waals surface area contributed by atoms with Crippen LogP contribution in [0.3, 0.4) is 0 Å². The van der Waals surface area contributed by atoms with Crippen molar-refractivity contribution in [1.29, 1.82) is 0 Å². The van der Waals surface area contributed by atoms with E-state index >= 15 is 0 Å². The van der Waals surface area contributed by atoms with Crippen molar-refractivity contribution in [1.82, 2.24) is 5.32 Å². The van der Waals surface area contributed by atoms with Gasteiger partial charge in [-0.2, -0.15) is 0 Å². The van der Waals surface area contributed by atoms with Crippen LogP contribution in [0.5, 0.6) is 0 Å². The Balaban J connectivity index is 2.01. The molecule has 1 N–H and O–H groups in total. The number of hydrogen-bond acceptors (Lipinski definition) is 1. The molecule has 1 fully saturated rings. The summed E-state index contributed by atoms with van der Waals surface area (Å²) in [6.45, 7) is 4.25. The molecule has 0 aromatic heterocycles. The van der Waals surface area contributed by atoms with Gasteiger partial charge in [0.1, 0.15) is 5.82 Å². The van der Waals surface area contributed by atoms with Gasteiger partial charge in [0.25, 0.3) is 0 Å². The van der Waals surface area contributed by atoms with Crippen LogP contribution >= 0.6 is 11.6 Å². The molecule has 1 saturated carbocycles. The maximum atomic E-state index is 13.3. The summed E-state index contributed by atoms with van der Waals surface area (Å²) in [5.74, 6) is 0.464. The van der Waals surface area contributed by atoms with E-state index in [9.17, 15) is 4.39 Å². The Labute approximate surface area is 101 Å². The molecule has 2 unspecified atom stereocenters. The largest absolute Gasteiger partial charge is 0.307 e. The predicted octanol–water partition coefficient (Wildman–Crippen LogP) is 3.93. The minimum Gasteiger partial charge on any atom is -0.307 e. The van der Waals surface area contributed by atoms with E-state index in [-0.39, 0.29) is 16.9 Å². The molecule has 1 aliphatic carbocycles. The molecule has 0 aliphatic heterocycles. The second-order valence-electron chi connectivity index (χ2n) is 4.69. The summed E-state index contributed by atoms with van der Waals surface area (Å²) in [6, 6.07) is 5.69. The minimum absolute atomic E-state index is 0.169. The number of rotatable bonds is 4. The van der Waals surface area contributed by atoms with Gasteiger partial charge in [-0.3, -0.25) is 0 Å². The highest BCUT2D eigenvalue weighted by atomic mass is 35.5. The Morgan fingerprint density at radius 3 is 2.62 bits per heavy atom. The van der Waals surface area contributed by atoms with E-state index in [0.717, 1.165) is 11.5 Å². The Kier molecular flexibility index (Phi) is 3.50. The Morgan fingerprint density at radius 1 is 1.38 bits per heavy atom. The van der Waals surface area contributed by atoms with E-state index < -0.39 is 0 Å². The van der Waals surface area contributed by atoms with E-state index in [0.29, 0.717) is 6.04 Å². The standard InChI is InChI=1S/C13H17ClFN/c1-8(10-3-4-10)16-9(2)11-5-6-12(14)13(15)7-11/h5-10,16H,3-4H2,1-2H3. The molecule has 1 aromatic rings. The summed E-state index contributed by atoms with van der Waals surface area (Å²) in [4.78, 5) is 0. The van der Waals surface area contributed by atoms with E-state index in [4.69, 9.17) is 11.6 Å². The molecule has 2 atom stereocenters. The highest BCUT2D eigenvalue weighted by Gasteiger charge is 2.28. The molecular formula is C13H17ClFN. The molecule has 16 heavy (non-hydrogen) atoms. The van der Waals surface area contributed by atoms with E-state index in [1.54, 1.807) is 6.07 Å². The van der Waals surface area contributed by atoms with Gasteiger partial charge in [0.2, 0.25) is 0 Å². The van der Waals surface area contributed by atoms with Gasteiger partial charge in [-0.05, 0) is 50.3 Å². The van der Waals surface area contributed by atoms with E-state index in [2.05, 4.69) is 19.2 Å². The first-order chi connectivity index (χ1) is 7.58. The molecule has 1 aromatic carbocycles. The number of nitrogens with one attached hydrogen (secondary N) is 1. The third-order valence-electron chi connectivity index (χ3n) is 3.29. The van der Waals surface area contributed by atoms with Crippen molar-refractivity contribution < 1.29 is 4.39 Å². The first-order valence-electron chi connectivity index (χ1n) is 5.79. The smallest absolute Gasteiger partial charge is 0.142 e. The van der Waals surface area contributed by atoms with Gasteiger partial charge in [0.15, 0.2) is 0 Å². The first kappa shape index (κ1) is 11.9. The average molecular weight is 242 g/mol. The molecule has 0 bridgehead atoms. The van der Waals surface area contributed by atoms with Gasteiger partial charge in [-0.25, -0.2) is 4.39 Å². The third-order valence-corrected chi connectivity index (χ3v) is 3.59. The van der Waals surface area contributed by atoms with E-state index in [1.165, 1.54) is 18.9 Å². The van der Waals surface area contributed by atoms with Crippen LogP contribution in [0, 0.1) is 11.7 Å². The summed E-state index contributed by atoms with van der Waals surface area (Å²) in [5, 5.41) is 3.68. The zero-order valence-corrected chi connectivity index (χ0v) is 10.4. The fourth-order valence-corrected chi connectivity index (χ4v) is 2.12. The van der Waals surface area contributed by atoms with Crippen LogP contribution in [0.4, 0.5) is 4.39 Å². The van der Waals surface area contributed by atoms with Gasteiger partial charge < -0.3 is 5.32 Å². The maximum absolute atomic E-state index is 13.3. The summed E-state index contributed by atoms with van der Waals surface area (Å²) in [6.07, 6.45) is 2.63. The van der Waals surface area contributed by atoms with Crippen LogP contribution in [0.2, 0.25) is 5.02 Å². The van der Waals surface area contributed by atoms with Crippen molar-refractivity contribution in [2.75, 3.05) is 0 Å². The molecule has 0 saturated heterocycles. The van der Waals surface area contributed by atoms with Crippen molar-refractivity contribution in [2.24, 2.45) is 5.92 Å². The Morgan fingerprint density at radius 2 is 2.06 bits per heavy atom. The van der Waals surface area contributed by atoms with Gasteiger partial charge in [0.05, 0.1) is 5.02 Å². The average Bonchev–Trinajstić information content (AvgIpc) is 3.05. The fraction of sp³-hybridized carbons (Fsp3) is 0.538. The second-order valence-corrected chi connectivity index (χ2v) is 5.10. The summed E-state index contributed by atoms with van der Waals surface area (Å²) in [7, 11) is 0. The van der Waals surface area contributed by atoms with Crippen LogP contribution in [-0.2, 0) is 0 Å². The molecule has 2 rings (SSSR count). The highest BCUT2D eigenvalue weighted by molar-refractivity contribution is 6.30. The van der Waals surface area contributed by atoms with Crippen molar-refractivity contribution in [3.05, 3.63) is 34.6 Å². The summed E-state index contributed by atoms with van der Waals surface area (Å²) >= 11 is 5.66. The summed E-state index contributed by atoms with van der Waals surface area (Å²) in [5.41, 5.74) is 0.953. The lowest BCUT2D eigenvalue weighted by atomic mass is 10.1. The molecule has 88 valence electrons. The van der Waals surface area contributed by atoms with Crippen molar-refractivity contribution in [2.45, 2.75) is 38.8 Å². The molecule has 0 heterocycles. The van der Waals surface area contributed by atoms with Crippen LogP contribution in [-0.4, -0.2) is 6.04 Å². The van der Waals surface area contributed by atoms with Gasteiger partial charge >= 0.3 is 0 Å². The molecule has 0 amide bonds. The maximum Gasteiger partial charge on any atom is 0.142 e. The topological polar surface area (TPSA) is 12.0 Å². The summed E-state index contributed by atoms with van der Waals surface area (Å²) < 4.78 is 13.3. The highest BCUT2D eigenvalue weighted by Crippen LogP contribution is 2.33. The number of halogens is 2. The lowest BCUT2D eigenvalue weighted by Gasteiger charge is -2.20. The second kappa shape index (κ2) is 4.72. The molecule has 3 heteroatoms. The number of benzene rings is 1. The fourth-order valence-electron chi connectivity index (χ4n) is 2.00. The number of hydrogen-bond donors (Lipinski definition) is 1. The molecule has 1 nitrogen and oxygen atoms in total. The molecule has 1 aliphatic rings. The van der Waals surface area contributed by atoms with Crippen LogP contribution in [0.1, 0.15) is 38.3 Å². The lowest BCUT2D eigenvalue weighted by molar-refractivity contribution is 0.440. The van der Waals surface area contributed by atoms with Crippen LogP contribution in [0.15, 0.2) is 18.2 Å². The minimum atomic E-state index is -0.341. The zero-order valence-electron chi connectivity index (χ0n) is 9.63. The predicted molar refractivity (Wildman–Crippen MR) is 65.1 cm³/mol. The van der Waals surface area contributed by atoms with Crippen molar-refractivity contribution in [3.63, 3.8) is 0 Å². The van der Waals surface area contributed by atoms with Crippen molar-refractivity contribution >= 4 is 11.6 Å². The SMILES string of the molecule is CC(NC(C)C1CC1)c1ccc(Cl)c(F)c1.